The quantitative estimate of drug-likeness (QED) is 0.459. The average Bonchev–Trinajstić information content (AvgIpc) is 3.44. The molecule has 2 aromatic carbocycles. The van der Waals surface area contributed by atoms with Gasteiger partial charge in [-0.1, -0.05) is 24.3 Å². The maximum atomic E-state index is 13.3. The van der Waals surface area contributed by atoms with Crippen LogP contribution in [-0.2, 0) is 17.9 Å². The Labute approximate surface area is 186 Å². The highest BCUT2D eigenvalue weighted by atomic mass is 32.1. The van der Waals surface area contributed by atoms with Crippen molar-refractivity contribution in [3.63, 3.8) is 0 Å². The lowest BCUT2D eigenvalue weighted by Gasteiger charge is -2.25. The second kappa shape index (κ2) is 10.1. The Morgan fingerprint density at radius 2 is 2.03 bits per heavy atom. The summed E-state index contributed by atoms with van der Waals surface area (Å²) in [5, 5.41) is 1.96. The van der Waals surface area contributed by atoms with Gasteiger partial charge in [0.15, 0.2) is 0 Å². The third-order valence-corrected chi connectivity index (χ3v) is 6.39. The highest BCUT2D eigenvalue weighted by molar-refractivity contribution is 7.12. The Morgan fingerprint density at radius 3 is 2.71 bits per heavy atom. The predicted molar refractivity (Wildman–Crippen MR) is 120 cm³/mol. The molecular formula is C25H26FNO3S. The lowest BCUT2D eigenvalue weighted by molar-refractivity contribution is 0.0510. The Bertz CT molecular complexity index is 1010. The zero-order valence-electron chi connectivity index (χ0n) is 17.6. The van der Waals surface area contributed by atoms with Gasteiger partial charge in [-0.25, -0.2) is 4.39 Å². The van der Waals surface area contributed by atoms with E-state index in [4.69, 9.17) is 9.47 Å². The van der Waals surface area contributed by atoms with Crippen LogP contribution in [0.5, 0.6) is 5.75 Å². The molecule has 1 amide bonds. The number of carbonyl (C=O) groups is 1. The molecule has 162 valence electrons. The third-order valence-electron chi connectivity index (χ3n) is 5.38. The van der Waals surface area contributed by atoms with Crippen molar-refractivity contribution in [2.75, 3.05) is 13.2 Å². The van der Waals surface area contributed by atoms with Gasteiger partial charge in [-0.05, 0) is 72.2 Å². The van der Waals surface area contributed by atoms with Crippen molar-refractivity contribution in [1.29, 1.82) is 0 Å². The number of ether oxygens (including phenoxy) is 2. The van der Waals surface area contributed by atoms with E-state index in [0.717, 1.165) is 41.0 Å². The summed E-state index contributed by atoms with van der Waals surface area (Å²) in [6.07, 6.45) is 2.13. The highest BCUT2D eigenvalue weighted by Gasteiger charge is 2.25. The molecule has 1 aromatic heterocycles. The first-order chi connectivity index (χ1) is 15.1. The maximum absolute atomic E-state index is 13.3. The van der Waals surface area contributed by atoms with Crippen molar-refractivity contribution in [2.24, 2.45) is 0 Å². The summed E-state index contributed by atoms with van der Waals surface area (Å²) in [5.41, 5.74) is 2.82. The van der Waals surface area contributed by atoms with Gasteiger partial charge >= 0.3 is 0 Å². The Morgan fingerprint density at radius 1 is 1.19 bits per heavy atom. The van der Waals surface area contributed by atoms with Crippen LogP contribution in [0.4, 0.5) is 4.39 Å². The molecule has 0 aliphatic carbocycles. The summed E-state index contributed by atoms with van der Waals surface area (Å²) in [6.45, 7) is 4.15. The number of thiophene rings is 1. The molecule has 0 spiro atoms. The van der Waals surface area contributed by atoms with Crippen molar-refractivity contribution in [3.05, 3.63) is 87.4 Å². The molecule has 6 heteroatoms. The molecule has 1 atom stereocenters. The molecule has 1 aliphatic heterocycles. The van der Waals surface area contributed by atoms with Crippen LogP contribution < -0.4 is 4.74 Å². The monoisotopic (exact) mass is 439 g/mol. The van der Waals surface area contributed by atoms with E-state index in [-0.39, 0.29) is 17.8 Å². The van der Waals surface area contributed by atoms with Crippen molar-refractivity contribution < 1.29 is 18.7 Å². The molecule has 0 bridgehead atoms. The second-order valence-corrected chi connectivity index (χ2v) is 8.73. The van der Waals surface area contributed by atoms with Gasteiger partial charge in [0.1, 0.15) is 18.2 Å². The minimum Gasteiger partial charge on any atom is -0.489 e. The van der Waals surface area contributed by atoms with Crippen molar-refractivity contribution in [2.45, 2.75) is 39.0 Å². The number of carbonyl (C=O) groups excluding carboxylic acids is 1. The lowest BCUT2D eigenvalue weighted by atomic mass is 10.1. The number of benzene rings is 2. The first-order valence-electron chi connectivity index (χ1n) is 10.5. The number of amides is 1. The fourth-order valence-corrected chi connectivity index (χ4v) is 4.59. The smallest absolute Gasteiger partial charge is 0.264 e. The minimum absolute atomic E-state index is 0.0504. The highest BCUT2D eigenvalue weighted by Crippen LogP contribution is 2.23. The predicted octanol–water partition coefficient (Wildman–Crippen LogP) is 5.60. The van der Waals surface area contributed by atoms with Gasteiger partial charge < -0.3 is 14.4 Å². The second-order valence-electron chi connectivity index (χ2n) is 7.82. The van der Waals surface area contributed by atoms with Crippen molar-refractivity contribution >= 4 is 17.2 Å². The number of hydrogen-bond donors (Lipinski definition) is 0. The molecule has 2 heterocycles. The van der Waals surface area contributed by atoms with Crippen LogP contribution in [0.25, 0.3) is 0 Å². The molecule has 0 unspecified atom stereocenters. The molecule has 4 nitrogen and oxygen atoms in total. The van der Waals surface area contributed by atoms with E-state index in [1.165, 1.54) is 23.5 Å². The number of hydrogen-bond acceptors (Lipinski definition) is 4. The fourth-order valence-electron chi connectivity index (χ4n) is 3.69. The molecule has 1 saturated heterocycles. The summed E-state index contributed by atoms with van der Waals surface area (Å²) in [6, 6.07) is 16.1. The summed E-state index contributed by atoms with van der Waals surface area (Å²) < 4.78 is 24.9. The fraction of sp³-hybridized carbons (Fsp3) is 0.320. The van der Waals surface area contributed by atoms with E-state index in [2.05, 4.69) is 0 Å². The molecule has 31 heavy (non-hydrogen) atoms. The first-order valence-corrected chi connectivity index (χ1v) is 11.4. The van der Waals surface area contributed by atoms with Crippen LogP contribution in [0.3, 0.4) is 0 Å². The van der Waals surface area contributed by atoms with Crippen molar-refractivity contribution in [3.8, 4) is 5.75 Å². The van der Waals surface area contributed by atoms with Gasteiger partial charge in [-0.3, -0.25) is 4.79 Å². The molecule has 0 saturated carbocycles. The molecule has 0 N–H and O–H groups in total. The van der Waals surface area contributed by atoms with E-state index in [1.807, 2.05) is 53.6 Å². The molecular weight excluding hydrogens is 413 g/mol. The number of halogens is 1. The largest absolute Gasteiger partial charge is 0.489 e. The van der Waals surface area contributed by atoms with Crippen LogP contribution in [0.1, 0.15) is 39.2 Å². The topological polar surface area (TPSA) is 38.8 Å². The van der Waals surface area contributed by atoms with E-state index >= 15 is 0 Å². The van der Waals surface area contributed by atoms with Crippen LogP contribution in [0.2, 0.25) is 0 Å². The van der Waals surface area contributed by atoms with Crippen molar-refractivity contribution in [1.82, 2.24) is 4.90 Å². The van der Waals surface area contributed by atoms with Gasteiger partial charge in [-0.2, -0.15) is 0 Å². The molecule has 0 radical (unpaired) electrons. The maximum Gasteiger partial charge on any atom is 0.264 e. The first kappa shape index (κ1) is 21.5. The SMILES string of the molecule is Cc1ccsc1C(=O)N(Cc1ccc(OCc2cccc(F)c2)cc1)C[C@H]1CCCO1. The lowest BCUT2D eigenvalue weighted by Crippen LogP contribution is -2.36. The van der Waals surface area contributed by atoms with Gasteiger partial charge in [0.05, 0.1) is 11.0 Å². The summed E-state index contributed by atoms with van der Waals surface area (Å²) in [7, 11) is 0. The van der Waals surface area contributed by atoms with Crippen LogP contribution in [0, 0.1) is 12.7 Å². The molecule has 1 aliphatic rings. The Kier molecular flexibility index (Phi) is 6.99. The number of aryl methyl sites for hydroxylation is 1. The standard InChI is InChI=1S/C25H26FNO3S/c1-18-11-13-31-24(18)25(28)27(16-23-6-3-12-29-23)15-19-7-9-22(10-8-19)30-17-20-4-2-5-21(26)14-20/h2,4-5,7-11,13-14,23H,3,6,12,15-17H2,1H3/t23-/m1/s1. The Balaban J connectivity index is 1.42. The zero-order valence-corrected chi connectivity index (χ0v) is 18.4. The summed E-state index contributed by atoms with van der Waals surface area (Å²) in [5.74, 6) is 0.488. The van der Waals surface area contributed by atoms with E-state index < -0.39 is 0 Å². The summed E-state index contributed by atoms with van der Waals surface area (Å²) >= 11 is 1.48. The minimum atomic E-state index is -0.270. The molecule has 1 fully saturated rings. The van der Waals surface area contributed by atoms with E-state index in [1.54, 1.807) is 6.07 Å². The number of rotatable bonds is 8. The summed E-state index contributed by atoms with van der Waals surface area (Å²) in [4.78, 5) is 15.9. The van der Waals surface area contributed by atoms with Crippen LogP contribution >= 0.6 is 11.3 Å². The van der Waals surface area contributed by atoms with E-state index in [0.29, 0.717) is 25.4 Å². The number of nitrogens with zero attached hydrogens (tertiary/aromatic N) is 1. The average molecular weight is 440 g/mol. The zero-order chi connectivity index (χ0) is 21.6. The van der Waals surface area contributed by atoms with Gasteiger partial charge in [0, 0.05) is 19.7 Å². The Hall–Kier alpha value is -2.70. The van der Waals surface area contributed by atoms with Crippen LogP contribution in [0.15, 0.2) is 60.0 Å². The molecule has 4 rings (SSSR count). The molecule has 3 aromatic rings. The van der Waals surface area contributed by atoms with Gasteiger partial charge in [0.2, 0.25) is 0 Å². The van der Waals surface area contributed by atoms with Gasteiger partial charge in [-0.15, -0.1) is 11.3 Å². The normalized spacial score (nSPS) is 15.7. The van der Waals surface area contributed by atoms with E-state index in [9.17, 15) is 9.18 Å². The third kappa shape index (κ3) is 5.71. The van der Waals surface area contributed by atoms with Gasteiger partial charge in [0.25, 0.3) is 5.91 Å². The van der Waals surface area contributed by atoms with Crippen LogP contribution in [-0.4, -0.2) is 30.1 Å².